The number of hydrogen-bond donors (Lipinski definition) is 0. The van der Waals surface area contributed by atoms with Gasteiger partial charge in [0.25, 0.3) is 0 Å². The minimum Gasteiger partial charge on any atom is -0.171 e. The van der Waals surface area contributed by atoms with Crippen LogP contribution in [0.5, 0.6) is 0 Å². The zero-order chi connectivity index (χ0) is 9.71. The van der Waals surface area contributed by atoms with Crippen LogP contribution in [0.25, 0.3) is 0 Å². The van der Waals surface area contributed by atoms with Gasteiger partial charge in [-0.2, -0.15) is 26.3 Å². The van der Waals surface area contributed by atoms with Crippen molar-refractivity contribution in [1.29, 1.82) is 0 Å². The van der Waals surface area contributed by atoms with Crippen LogP contribution < -0.4 is 0 Å². The maximum atomic E-state index is 10.8. The molecule has 0 aromatic carbocycles. The SMILES string of the molecule is C=C.FC(F)(F)CC(F)(F)F. The summed E-state index contributed by atoms with van der Waals surface area (Å²) in [7, 11) is 0. The Kier molecular flexibility index (Phi) is 5.00. The van der Waals surface area contributed by atoms with Crippen LogP contribution in [0.2, 0.25) is 0 Å². The van der Waals surface area contributed by atoms with E-state index < -0.39 is 18.8 Å². The standard InChI is InChI=1S/C3H2F6.C2H4/c4-2(5,6)1-3(7,8)9;1-2/h1H2;1-2H2. The lowest BCUT2D eigenvalue weighted by Crippen LogP contribution is -2.20. The molecule has 6 heteroatoms. The lowest BCUT2D eigenvalue weighted by molar-refractivity contribution is -0.232. The van der Waals surface area contributed by atoms with Crippen molar-refractivity contribution in [2.24, 2.45) is 0 Å². The Morgan fingerprint density at radius 1 is 0.727 bits per heavy atom. The third-order valence-electron chi connectivity index (χ3n) is 0.401. The lowest BCUT2D eigenvalue weighted by Gasteiger charge is -2.08. The molecule has 0 aliphatic heterocycles. The average Bonchev–Trinajstić information content (AvgIpc) is 1.60. The summed E-state index contributed by atoms with van der Waals surface area (Å²) < 4.78 is 65.0. The van der Waals surface area contributed by atoms with E-state index in [0.717, 1.165) is 0 Å². The van der Waals surface area contributed by atoms with Gasteiger partial charge in [0.15, 0.2) is 0 Å². The van der Waals surface area contributed by atoms with Crippen molar-refractivity contribution in [3.8, 4) is 0 Å². The van der Waals surface area contributed by atoms with E-state index in [1.807, 2.05) is 0 Å². The topological polar surface area (TPSA) is 0 Å². The van der Waals surface area contributed by atoms with Crippen LogP contribution >= 0.6 is 0 Å². The molecule has 0 heterocycles. The van der Waals surface area contributed by atoms with Gasteiger partial charge in [-0.1, -0.05) is 0 Å². The largest absolute Gasteiger partial charge is 0.397 e. The van der Waals surface area contributed by atoms with Gasteiger partial charge in [-0.15, -0.1) is 13.2 Å². The first-order valence-corrected chi connectivity index (χ1v) is 2.34. The summed E-state index contributed by atoms with van der Waals surface area (Å²) >= 11 is 0. The molecule has 68 valence electrons. The van der Waals surface area contributed by atoms with E-state index in [0.29, 0.717) is 0 Å². The second kappa shape index (κ2) is 4.25. The molecule has 0 aromatic rings. The molecule has 11 heavy (non-hydrogen) atoms. The molecule has 0 bridgehead atoms. The highest BCUT2D eigenvalue weighted by molar-refractivity contribution is 4.57. The molecule has 0 saturated heterocycles. The van der Waals surface area contributed by atoms with E-state index in [9.17, 15) is 26.3 Å². The molecule has 0 amide bonds. The fourth-order valence-corrected chi connectivity index (χ4v) is 0.227. The van der Waals surface area contributed by atoms with E-state index >= 15 is 0 Å². The van der Waals surface area contributed by atoms with Crippen LogP contribution in [-0.4, -0.2) is 12.4 Å². The molecule has 0 rings (SSSR count). The van der Waals surface area contributed by atoms with Crippen molar-refractivity contribution in [2.45, 2.75) is 18.8 Å². The Labute approximate surface area is 59.5 Å². The van der Waals surface area contributed by atoms with E-state index in [-0.39, 0.29) is 0 Å². The second-order valence-corrected chi connectivity index (χ2v) is 1.41. The second-order valence-electron chi connectivity index (χ2n) is 1.41. The van der Waals surface area contributed by atoms with Crippen LogP contribution in [0.1, 0.15) is 6.42 Å². The molecule has 0 nitrogen and oxygen atoms in total. The summed E-state index contributed by atoms with van der Waals surface area (Å²) in [6, 6.07) is 0. The molecule has 0 aliphatic carbocycles. The lowest BCUT2D eigenvalue weighted by atomic mass is 10.4. The third-order valence-corrected chi connectivity index (χ3v) is 0.401. The first-order chi connectivity index (χ1) is 4.71. The Balaban J connectivity index is 0. The van der Waals surface area contributed by atoms with Gasteiger partial charge in [0.2, 0.25) is 0 Å². The van der Waals surface area contributed by atoms with Crippen molar-refractivity contribution in [1.82, 2.24) is 0 Å². The summed E-state index contributed by atoms with van der Waals surface area (Å²) in [6.07, 6.45) is -13.0. The van der Waals surface area contributed by atoms with Crippen LogP contribution in [0.15, 0.2) is 13.2 Å². The van der Waals surface area contributed by atoms with Crippen LogP contribution in [-0.2, 0) is 0 Å². The van der Waals surface area contributed by atoms with Gasteiger partial charge in [0, 0.05) is 0 Å². The van der Waals surface area contributed by atoms with Crippen LogP contribution in [0.3, 0.4) is 0 Å². The smallest absolute Gasteiger partial charge is 0.171 e. The Morgan fingerprint density at radius 3 is 0.909 bits per heavy atom. The van der Waals surface area contributed by atoms with Gasteiger partial charge in [-0.25, -0.2) is 0 Å². The number of rotatable bonds is 0. The van der Waals surface area contributed by atoms with Gasteiger partial charge in [0.1, 0.15) is 6.42 Å². The number of alkyl halides is 6. The van der Waals surface area contributed by atoms with Crippen molar-refractivity contribution in [3.63, 3.8) is 0 Å². The Bertz CT molecular complexity index is 86.5. The molecule has 0 radical (unpaired) electrons. The Hall–Kier alpha value is -0.680. The van der Waals surface area contributed by atoms with Crippen molar-refractivity contribution in [2.75, 3.05) is 0 Å². The molecule has 0 atom stereocenters. The highest BCUT2D eigenvalue weighted by atomic mass is 19.4. The summed E-state index contributed by atoms with van der Waals surface area (Å²) in [5, 5.41) is 0. The van der Waals surface area contributed by atoms with E-state index in [1.54, 1.807) is 0 Å². The number of hydrogen-bond acceptors (Lipinski definition) is 0. The maximum Gasteiger partial charge on any atom is 0.397 e. The Morgan fingerprint density at radius 2 is 0.909 bits per heavy atom. The third kappa shape index (κ3) is 17.6. The fraction of sp³-hybridized carbons (Fsp3) is 0.600. The maximum absolute atomic E-state index is 10.8. The molecule has 0 N–H and O–H groups in total. The van der Waals surface area contributed by atoms with E-state index in [1.165, 1.54) is 0 Å². The van der Waals surface area contributed by atoms with Crippen LogP contribution in [0, 0.1) is 0 Å². The van der Waals surface area contributed by atoms with Crippen molar-refractivity contribution >= 4 is 0 Å². The minimum atomic E-state index is -5.14. The predicted molar refractivity (Wildman–Crippen MR) is 28.0 cm³/mol. The van der Waals surface area contributed by atoms with Gasteiger partial charge >= 0.3 is 12.4 Å². The minimum absolute atomic E-state index is 2.71. The van der Waals surface area contributed by atoms with Gasteiger partial charge in [0.05, 0.1) is 0 Å². The van der Waals surface area contributed by atoms with E-state index in [4.69, 9.17) is 0 Å². The molecular weight excluding hydrogens is 174 g/mol. The molecule has 0 aromatic heterocycles. The first kappa shape index (κ1) is 12.9. The van der Waals surface area contributed by atoms with Gasteiger partial charge < -0.3 is 0 Å². The summed E-state index contributed by atoms with van der Waals surface area (Å²) in [4.78, 5) is 0. The van der Waals surface area contributed by atoms with Crippen LogP contribution in [0.4, 0.5) is 26.3 Å². The molecular formula is C5H6F6. The molecule has 0 saturated carbocycles. The van der Waals surface area contributed by atoms with Gasteiger partial charge in [-0.3, -0.25) is 0 Å². The monoisotopic (exact) mass is 180 g/mol. The van der Waals surface area contributed by atoms with Gasteiger partial charge in [-0.05, 0) is 0 Å². The molecule has 0 fully saturated rings. The first-order valence-electron chi connectivity index (χ1n) is 2.34. The zero-order valence-electron chi connectivity index (χ0n) is 5.39. The highest BCUT2D eigenvalue weighted by Crippen LogP contribution is 2.31. The summed E-state index contributed by atoms with van der Waals surface area (Å²) in [5.74, 6) is 0. The molecule has 0 unspecified atom stereocenters. The average molecular weight is 180 g/mol. The van der Waals surface area contributed by atoms with Crippen molar-refractivity contribution < 1.29 is 26.3 Å². The quantitative estimate of drug-likeness (QED) is 0.396. The fourth-order valence-electron chi connectivity index (χ4n) is 0.227. The molecule has 0 spiro atoms. The zero-order valence-corrected chi connectivity index (χ0v) is 5.39. The summed E-state index contributed by atoms with van der Waals surface area (Å²) in [5.41, 5.74) is 0. The summed E-state index contributed by atoms with van der Waals surface area (Å²) in [6.45, 7) is 6.00. The number of halogens is 6. The predicted octanol–water partition coefficient (Wildman–Crippen LogP) is 3.30. The van der Waals surface area contributed by atoms with E-state index in [2.05, 4.69) is 13.2 Å². The molecule has 0 aliphatic rings. The van der Waals surface area contributed by atoms with Crippen molar-refractivity contribution in [3.05, 3.63) is 13.2 Å². The normalized spacial score (nSPS) is 11.8. The highest BCUT2D eigenvalue weighted by Gasteiger charge is 2.43.